The first-order chi connectivity index (χ1) is 12.7. The van der Waals surface area contributed by atoms with Gasteiger partial charge in [-0.3, -0.25) is 4.79 Å². The average Bonchev–Trinajstić information content (AvgIpc) is 3.36. The lowest BCUT2D eigenvalue weighted by Crippen LogP contribution is -2.28. The third-order valence-corrected chi connectivity index (χ3v) is 4.75. The summed E-state index contributed by atoms with van der Waals surface area (Å²) in [7, 11) is 1.63. The third-order valence-electron chi connectivity index (χ3n) is 4.06. The SMILES string of the molecule is CCC(NC(=O)CCc1nnc(-c2ccsc2)o1)c1ccc(OC)cc1. The van der Waals surface area contributed by atoms with Gasteiger partial charge in [0.1, 0.15) is 5.75 Å². The van der Waals surface area contributed by atoms with Gasteiger partial charge in [-0.15, -0.1) is 10.2 Å². The Morgan fingerprint density at radius 2 is 2.08 bits per heavy atom. The Morgan fingerprint density at radius 3 is 2.73 bits per heavy atom. The molecule has 136 valence electrons. The van der Waals surface area contributed by atoms with Crippen molar-refractivity contribution in [3.63, 3.8) is 0 Å². The highest BCUT2D eigenvalue weighted by atomic mass is 32.1. The van der Waals surface area contributed by atoms with E-state index in [9.17, 15) is 4.79 Å². The summed E-state index contributed by atoms with van der Waals surface area (Å²) < 4.78 is 10.8. The normalized spacial score (nSPS) is 11.9. The summed E-state index contributed by atoms with van der Waals surface area (Å²) in [6.07, 6.45) is 1.53. The lowest BCUT2D eigenvalue weighted by atomic mass is 10.0. The fourth-order valence-corrected chi connectivity index (χ4v) is 3.23. The predicted molar refractivity (Wildman–Crippen MR) is 100 cm³/mol. The maximum atomic E-state index is 12.3. The number of thiophene rings is 1. The first kappa shape index (κ1) is 18.1. The minimum atomic E-state index is -0.0389. The number of rotatable bonds is 8. The van der Waals surface area contributed by atoms with E-state index in [0.717, 1.165) is 23.3 Å². The van der Waals surface area contributed by atoms with Crippen molar-refractivity contribution in [1.82, 2.24) is 15.5 Å². The number of methoxy groups -OCH3 is 1. The van der Waals surface area contributed by atoms with Crippen LogP contribution in [0, 0.1) is 0 Å². The van der Waals surface area contributed by atoms with Crippen LogP contribution in [0.3, 0.4) is 0 Å². The topological polar surface area (TPSA) is 77.3 Å². The fourth-order valence-electron chi connectivity index (χ4n) is 2.60. The highest BCUT2D eigenvalue weighted by molar-refractivity contribution is 7.08. The van der Waals surface area contributed by atoms with Crippen molar-refractivity contribution in [3.8, 4) is 17.2 Å². The second-order valence-corrected chi connectivity index (χ2v) is 6.59. The monoisotopic (exact) mass is 371 g/mol. The van der Waals surface area contributed by atoms with Gasteiger partial charge in [-0.2, -0.15) is 11.3 Å². The number of benzene rings is 1. The summed E-state index contributed by atoms with van der Waals surface area (Å²) in [6.45, 7) is 2.04. The van der Waals surface area contributed by atoms with Crippen LogP contribution in [-0.4, -0.2) is 23.2 Å². The quantitative estimate of drug-likeness (QED) is 0.647. The van der Waals surface area contributed by atoms with E-state index in [1.54, 1.807) is 18.4 Å². The Morgan fingerprint density at radius 1 is 1.27 bits per heavy atom. The molecule has 0 saturated carbocycles. The van der Waals surface area contributed by atoms with Crippen LogP contribution in [-0.2, 0) is 11.2 Å². The van der Waals surface area contributed by atoms with Gasteiger partial charge in [0.15, 0.2) is 0 Å². The molecule has 0 fully saturated rings. The lowest BCUT2D eigenvalue weighted by molar-refractivity contribution is -0.121. The molecule has 1 unspecified atom stereocenters. The van der Waals surface area contributed by atoms with Crippen molar-refractivity contribution >= 4 is 17.2 Å². The van der Waals surface area contributed by atoms with Gasteiger partial charge in [-0.05, 0) is 35.6 Å². The first-order valence-corrected chi connectivity index (χ1v) is 9.42. The van der Waals surface area contributed by atoms with E-state index in [1.165, 1.54) is 0 Å². The molecule has 26 heavy (non-hydrogen) atoms. The highest BCUT2D eigenvalue weighted by Crippen LogP contribution is 2.22. The predicted octanol–water partition coefficient (Wildman–Crippen LogP) is 4.01. The van der Waals surface area contributed by atoms with E-state index in [2.05, 4.69) is 15.5 Å². The average molecular weight is 371 g/mol. The molecule has 0 aliphatic rings. The number of aromatic nitrogens is 2. The van der Waals surface area contributed by atoms with Gasteiger partial charge in [0.2, 0.25) is 17.7 Å². The smallest absolute Gasteiger partial charge is 0.248 e. The maximum Gasteiger partial charge on any atom is 0.248 e. The van der Waals surface area contributed by atoms with Gasteiger partial charge in [-0.1, -0.05) is 19.1 Å². The number of carbonyl (C=O) groups excluding carboxylic acids is 1. The van der Waals surface area contributed by atoms with E-state index in [4.69, 9.17) is 9.15 Å². The Balaban J connectivity index is 1.54. The Bertz CT molecular complexity index is 828. The minimum absolute atomic E-state index is 0.0301. The first-order valence-electron chi connectivity index (χ1n) is 8.48. The molecule has 0 radical (unpaired) electrons. The molecule has 1 amide bonds. The summed E-state index contributed by atoms with van der Waals surface area (Å²) >= 11 is 1.57. The van der Waals surface area contributed by atoms with Gasteiger partial charge in [0.25, 0.3) is 0 Å². The van der Waals surface area contributed by atoms with Crippen molar-refractivity contribution < 1.29 is 13.9 Å². The Hall–Kier alpha value is -2.67. The lowest BCUT2D eigenvalue weighted by Gasteiger charge is -2.17. The summed E-state index contributed by atoms with van der Waals surface area (Å²) in [5.41, 5.74) is 1.96. The molecule has 0 bridgehead atoms. The van der Waals surface area contributed by atoms with E-state index in [1.807, 2.05) is 48.0 Å². The molecule has 0 saturated heterocycles. The van der Waals surface area contributed by atoms with Gasteiger partial charge in [-0.25, -0.2) is 0 Å². The van der Waals surface area contributed by atoms with Crippen molar-refractivity contribution in [2.45, 2.75) is 32.2 Å². The summed E-state index contributed by atoms with van der Waals surface area (Å²) in [6, 6.07) is 9.63. The van der Waals surface area contributed by atoms with Gasteiger partial charge >= 0.3 is 0 Å². The van der Waals surface area contributed by atoms with Gasteiger partial charge < -0.3 is 14.5 Å². The highest BCUT2D eigenvalue weighted by Gasteiger charge is 2.15. The fraction of sp³-hybridized carbons (Fsp3) is 0.316. The van der Waals surface area contributed by atoms with Gasteiger partial charge in [0.05, 0.1) is 13.2 Å². The van der Waals surface area contributed by atoms with E-state index >= 15 is 0 Å². The molecular weight excluding hydrogens is 350 g/mol. The summed E-state index contributed by atoms with van der Waals surface area (Å²) in [4.78, 5) is 12.3. The number of nitrogens with one attached hydrogen (secondary N) is 1. The second-order valence-electron chi connectivity index (χ2n) is 5.81. The molecule has 1 N–H and O–H groups in total. The van der Waals surface area contributed by atoms with Crippen LogP contribution in [0.4, 0.5) is 0 Å². The molecule has 2 heterocycles. The standard InChI is InChI=1S/C19H21N3O3S/c1-3-16(13-4-6-15(24-2)7-5-13)20-17(23)8-9-18-21-22-19(25-18)14-10-11-26-12-14/h4-7,10-12,16H,3,8-9H2,1-2H3,(H,20,23). The number of aryl methyl sites for hydroxylation is 1. The molecular formula is C19H21N3O3S. The largest absolute Gasteiger partial charge is 0.497 e. The van der Waals surface area contributed by atoms with Crippen LogP contribution in [0.1, 0.15) is 37.3 Å². The molecule has 1 atom stereocenters. The van der Waals surface area contributed by atoms with Crippen molar-refractivity contribution in [2.24, 2.45) is 0 Å². The zero-order valence-electron chi connectivity index (χ0n) is 14.8. The molecule has 0 spiro atoms. The second kappa shape index (κ2) is 8.62. The molecule has 3 rings (SSSR count). The van der Waals surface area contributed by atoms with Crippen molar-refractivity contribution in [2.75, 3.05) is 7.11 Å². The van der Waals surface area contributed by atoms with E-state index in [0.29, 0.717) is 24.6 Å². The van der Waals surface area contributed by atoms with Crippen molar-refractivity contribution in [1.29, 1.82) is 0 Å². The van der Waals surface area contributed by atoms with Crippen LogP contribution < -0.4 is 10.1 Å². The van der Waals surface area contributed by atoms with Crippen LogP contribution in [0.5, 0.6) is 5.75 Å². The van der Waals surface area contributed by atoms with Crippen LogP contribution in [0.2, 0.25) is 0 Å². The molecule has 2 aromatic heterocycles. The molecule has 0 aliphatic carbocycles. The molecule has 6 nitrogen and oxygen atoms in total. The number of nitrogens with zero attached hydrogens (tertiary/aromatic N) is 2. The molecule has 7 heteroatoms. The summed E-state index contributed by atoms with van der Waals surface area (Å²) in [5.74, 6) is 1.72. The zero-order valence-corrected chi connectivity index (χ0v) is 15.6. The number of ether oxygens (including phenoxy) is 1. The molecule has 3 aromatic rings. The van der Waals surface area contributed by atoms with E-state index < -0.39 is 0 Å². The van der Waals surface area contributed by atoms with Crippen LogP contribution in [0.25, 0.3) is 11.5 Å². The third kappa shape index (κ3) is 4.49. The molecule has 1 aromatic carbocycles. The van der Waals surface area contributed by atoms with Gasteiger partial charge in [0, 0.05) is 23.8 Å². The number of hydrogen-bond acceptors (Lipinski definition) is 6. The Labute approximate surface area is 156 Å². The van der Waals surface area contributed by atoms with Crippen molar-refractivity contribution in [3.05, 3.63) is 52.5 Å². The molecule has 0 aliphatic heterocycles. The Kier molecular flexibility index (Phi) is 6.01. The maximum absolute atomic E-state index is 12.3. The zero-order chi connectivity index (χ0) is 18.4. The minimum Gasteiger partial charge on any atom is -0.497 e. The number of amides is 1. The van der Waals surface area contributed by atoms with Crippen LogP contribution >= 0.6 is 11.3 Å². The van der Waals surface area contributed by atoms with Crippen LogP contribution in [0.15, 0.2) is 45.5 Å². The summed E-state index contributed by atoms with van der Waals surface area (Å²) in [5, 5.41) is 15.0. The van der Waals surface area contributed by atoms with E-state index in [-0.39, 0.29) is 11.9 Å². The number of carbonyl (C=O) groups is 1. The number of hydrogen-bond donors (Lipinski definition) is 1.